The van der Waals surface area contributed by atoms with Crippen molar-refractivity contribution in [3.63, 3.8) is 0 Å². The van der Waals surface area contributed by atoms with Crippen LogP contribution in [0.25, 0.3) is 23.0 Å². The van der Waals surface area contributed by atoms with Gasteiger partial charge in [-0.1, -0.05) is 5.16 Å². The van der Waals surface area contributed by atoms with Crippen LogP contribution in [0.4, 0.5) is 4.39 Å². The van der Waals surface area contributed by atoms with Gasteiger partial charge in [0.2, 0.25) is 5.82 Å². The molecule has 0 unspecified atom stereocenters. The van der Waals surface area contributed by atoms with Crippen LogP contribution in [0.1, 0.15) is 0 Å². The molecule has 7 heteroatoms. The summed E-state index contributed by atoms with van der Waals surface area (Å²) in [5.74, 6) is -0.0490. The lowest BCUT2D eigenvalue weighted by Crippen LogP contribution is -1.85. The van der Waals surface area contributed by atoms with E-state index in [2.05, 4.69) is 31.1 Å². The lowest BCUT2D eigenvalue weighted by Gasteiger charge is -1.97. The molecule has 0 fully saturated rings. The minimum Gasteiger partial charge on any atom is -0.505 e. The van der Waals surface area contributed by atoms with Crippen molar-refractivity contribution in [2.75, 3.05) is 0 Å². The van der Waals surface area contributed by atoms with E-state index in [1.165, 1.54) is 24.4 Å². The summed E-state index contributed by atoms with van der Waals surface area (Å²) in [6.45, 7) is 0. The fraction of sp³-hybridized carbons (Fsp3) is 0. The highest BCUT2D eigenvalue weighted by atomic mass is 79.9. The first kappa shape index (κ1) is 12.7. The van der Waals surface area contributed by atoms with E-state index in [-0.39, 0.29) is 29.0 Å². The zero-order chi connectivity index (χ0) is 14.1. The Bertz CT molecular complexity index is 776. The zero-order valence-electron chi connectivity index (χ0n) is 9.92. The monoisotopic (exact) mass is 335 g/mol. The normalized spacial score (nSPS) is 10.7. The van der Waals surface area contributed by atoms with Crippen LogP contribution in [0.5, 0.6) is 5.75 Å². The molecule has 0 aliphatic rings. The van der Waals surface area contributed by atoms with Crippen LogP contribution in [-0.2, 0) is 0 Å². The van der Waals surface area contributed by atoms with Gasteiger partial charge in [-0.3, -0.25) is 0 Å². The number of hydrogen-bond acceptors (Lipinski definition) is 5. The summed E-state index contributed by atoms with van der Waals surface area (Å²) in [7, 11) is 0. The highest BCUT2D eigenvalue weighted by molar-refractivity contribution is 9.10. The van der Waals surface area contributed by atoms with Gasteiger partial charge in [0.1, 0.15) is 11.6 Å². The Morgan fingerprint density at radius 3 is 2.85 bits per heavy atom. The summed E-state index contributed by atoms with van der Waals surface area (Å²) in [6.07, 6.45) is 1.51. The van der Waals surface area contributed by atoms with E-state index in [0.29, 0.717) is 10.0 Å². The molecule has 3 rings (SSSR count). The van der Waals surface area contributed by atoms with Crippen molar-refractivity contribution in [2.45, 2.75) is 0 Å². The second-order valence-corrected chi connectivity index (χ2v) is 4.78. The Morgan fingerprint density at radius 1 is 1.25 bits per heavy atom. The Labute approximate surface area is 121 Å². The number of halogens is 2. The Kier molecular flexibility index (Phi) is 3.19. The molecule has 2 aromatic heterocycles. The minimum absolute atomic E-state index is 0.0528. The number of nitrogens with zero attached hydrogens (tertiary/aromatic N) is 3. The fourth-order valence-electron chi connectivity index (χ4n) is 1.63. The SMILES string of the molecule is Oc1cccnc1-c1nc(-c2ccc(F)c(Br)c2)no1. The molecule has 1 N–H and O–H groups in total. The van der Waals surface area contributed by atoms with E-state index in [1.807, 2.05) is 0 Å². The van der Waals surface area contributed by atoms with E-state index < -0.39 is 0 Å². The quantitative estimate of drug-likeness (QED) is 0.776. The number of benzene rings is 1. The van der Waals surface area contributed by atoms with E-state index in [0.717, 1.165) is 0 Å². The summed E-state index contributed by atoms with van der Waals surface area (Å²) in [4.78, 5) is 8.11. The first-order valence-electron chi connectivity index (χ1n) is 5.58. The van der Waals surface area contributed by atoms with Gasteiger partial charge in [-0.25, -0.2) is 9.37 Å². The maximum absolute atomic E-state index is 13.2. The zero-order valence-corrected chi connectivity index (χ0v) is 11.5. The van der Waals surface area contributed by atoms with Gasteiger partial charge in [-0.15, -0.1) is 0 Å². The lowest BCUT2D eigenvalue weighted by molar-refractivity contribution is 0.423. The molecule has 0 saturated carbocycles. The first-order valence-corrected chi connectivity index (χ1v) is 6.38. The van der Waals surface area contributed by atoms with Crippen molar-refractivity contribution >= 4 is 15.9 Å². The third-order valence-electron chi connectivity index (χ3n) is 2.59. The standard InChI is InChI=1S/C13H7BrFN3O2/c14-8-6-7(3-4-9(8)15)12-17-13(20-18-12)11-10(19)2-1-5-16-11/h1-6,19H. The molecule has 3 aromatic rings. The van der Waals surface area contributed by atoms with Crippen LogP contribution in [0, 0.1) is 5.82 Å². The van der Waals surface area contributed by atoms with Crippen LogP contribution in [0.3, 0.4) is 0 Å². The molecule has 1 aromatic carbocycles. The van der Waals surface area contributed by atoms with Gasteiger partial charge in [0, 0.05) is 11.8 Å². The van der Waals surface area contributed by atoms with Crippen molar-refractivity contribution in [3.05, 3.63) is 46.8 Å². The predicted octanol–water partition coefficient (Wildman–Crippen LogP) is 3.41. The van der Waals surface area contributed by atoms with E-state index in [9.17, 15) is 9.50 Å². The van der Waals surface area contributed by atoms with E-state index >= 15 is 0 Å². The highest BCUT2D eigenvalue weighted by Crippen LogP contribution is 2.28. The smallest absolute Gasteiger partial charge is 0.280 e. The van der Waals surface area contributed by atoms with Crippen molar-refractivity contribution in [1.82, 2.24) is 15.1 Å². The molecule has 0 amide bonds. The van der Waals surface area contributed by atoms with Gasteiger partial charge in [-0.05, 0) is 46.3 Å². The molecular weight excluding hydrogens is 329 g/mol. The Balaban J connectivity index is 2.02. The molecule has 0 aliphatic heterocycles. The van der Waals surface area contributed by atoms with Crippen LogP contribution < -0.4 is 0 Å². The molecule has 0 aliphatic carbocycles. The predicted molar refractivity (Wildman–Crippen MR) is 72.3 cm³/mol. The molecule has 100 valence electrons. The minimum atomic E-state index is -0.375. The molecular formula is C13H7BrFN3O2. The molecule has 0 saturated heterocycles. The Hall–Kier alpha value is -2.28. The third kappa shape index (κ3) is 2.27. The molecule has 0 bridgehead atoms. The number of rotatable bonds is 2. The topological polar surface area (TPSA) is 72.0 Å². The van der Waals surface area contributed by atoms with Crippen LogP contribution in [0.15, 0.2) is 45.5 Å². The molecule has 2 heterocycles. The third-order valence-corrected chi connectivity index (χ3v) is 3.20. The van der Waals surface area contributed by atoms with Crippen LogP contribution in [-0.4, -0.2) is 20.2 Å². The summed E-state index contributed by atoms with van der Waals surface area (Å²) in [5, 5.41) is 13.5. The molecule has 5 nitrogen and oxygen atoms in total. The highest BCUT2D eigenvalue weighted by Gasteiger charge is 2.15. The van der Waals surface area contributed by atoms with Crippen molar-refractivity contribution in [1.29, 1.82) is 0 Å². The maximum atomic E-state index is 13.2. The second-order valence-electron chi connectivity index (χ2n) is 3.92. The van der Waals surface area contributed by atoms with Crippen molar-refractivity contribution in [2.24, 2.45) is 0 Å². The van der Waals surface area contributed by atoms with Crippen LogP contribution in [0.2, 0.25) is 0 Å². The van der Waals surface area contributed by atoms with Gasteiger partial charge in [0.05, 0.1) is 4.47 Å². The maximum Gasteiger partial charge on any atom is 0.280 e. The van der Waals surface area contributed by atoms with Crippen LogP contribution >= 0.6 is 15.9 Å². The van der Waals surface area contributed by atoms with Gasteiger partial charge in [0.15, 0.2) is 5.69 Å². The van der Waals surface area contributed by atoms with Gasteiger partial charge in [-0.2, -0.15) is 4.98 Å². The summed E-state index contributed by atoms with van der Waals surface area (Å²) < 4.78 is 18.6. The number of hydrogen-bond donors (Lipinski definition) is 1. The van der Waals surface area contributed by atoms with Gasteiger partial charge >= 0.3 is 0 Å². The average molecular weight is 336 g/mol. The van der Waals surface area contributed by atoms with Crippen molar-refractivity contribution in [3.8, 4) is 28.7 Å². The largest absolute Gasteiger partial charge is 0.505 e. The fourth-order valence-corrected chi connectivity index (χ4v) is 2.01. The molecule has 20 heavy (non-hydrogen) atoms. The molecule has 0 radical (unpaired) electrons. The number of aromatic nitrogens is 3. The molecule has 0 spiro atoms. The Morgan fingerprint density at radius 2 is 2.10 bits per heavy atom. The molecule has 0 atom stereocenters. The van der Waals surface area contributed by atoms with Gasteiger partial charge < -0.3 is 9.63 Å². The second kappa shape index (κ2) is 5.01. The first-order chi connectivity index (χ1) is 9.65. The van der Waals surface area contributed by atoms with E-state index in [4.69, 9.17) is 4.52 Å². The van der Waals surface area contributed by atoms with E-state index in [1.54, 1.807) is 12.1 Å². The summed E-state index contributed by atoms with van der Waals surface area (Å²) in [5.41, 5.74) is 0.788. The van der Waals surface area contributed by atoms with Crippen molar-refractivity contribution < 1.29 is 14.0 Å². The lowest BCUT2D eigenvalue weighted by atomic mass is 10.2. The average Bonchev–Trinajstić information content (AvgIpc) is 2.92. The summed E-state index contributed by atoms with van der Waals surface area (Å²) >= 11 is 3.09. The van der Waals surface area contributed by atoms with Gasteiger partial charge in [0.25, 0.3) is 5.89 Å². The number of pyridine rings is 1. The summed E-state index contributed by atoms with van der Waals surface area (Å²) in [6, 6.07) is 7.44. The number of aromatic hydroxyl groups is 1.